The minimum atomic E-state index is -4.13. The van der Waals surface area contributed by atoms with Crippen LogP contribution in [-0.2, 0) is 10.0 Å². The van der Waals surface area contributed by atoms with E-state index < -0.39 is 21.7 Å². The van der Waals surface area contributed by atoms with Crippen molar-refractivity contribution in [1.29, 1.82) is 0 Å². The molecule has 9 heteroatoms. The molecule has 0 atom stereocenters. The maximum Gasteiger partial charge on any atom is 0.238 e. The second-order valence-electron chi connectivity index (χ2n) is 6.27. The van der Waals surface area contributed by atoms with Gasteiger partial charge in [-0.3, -0.25) is 0 Å². The van der Waals surface area contributed by atoms with Gasteiger partial charge in [0.2, 0.25) is 15.8 Å². The number of hydrogen-bond donors (Lipinski definition) is 1. The predicted octanol–water partition coefficient (Wildman–Crippen LogP) is 3.97. The van der Waals surface area contributed by atoms with Gasteiger partial charge in [0.15, 0.2) is 23.1 Å². The van der Waals surface area contributed by atoms with Crippen LogP contribution < -0.4 is 19.3 Å². The largest absolute Gasteiger partial charge is 0.493 e. The lowest BCUT2D eigenvalue weighted by molar-refractivity contribution is 0.324. The average molecular weight is 435 g/mol. The van der Waals surface area contributed by atoms with E-state index in [-0.39, 0.29) is 21.6 Å². The summed E-state index contributed by atoms with van der Waals surface area (Å²) in [5.41, 5.74) is 0.863. The van der Waals surface area contributed by atoms with Gasteiger partial charge in [-0.1, -0.05) is 18.2 Å². The van der Waals surface area contributed by atoms with Crippen LogP contribution in [0.25, 0.3) is 22.3 Å². The van der Waals surface area contributed by atoms with E-state index in [0.29, 0.717) is 22.8 Å². The normalized spacial score (nSPS) is 11.3. The van der Waals surface area contributed by atoms with Crippen LogP contribution in [0.4, 0.5) is 8.78 Å². The van der Waals surface area contributed by atoms with Crippen molar-refractivity contribution in [2.24, 2.45) is 5.14 Å². The van der Waals surface area contributed by atoms with Crippen LogP contribution in [-0.4, -0.2) is 29.7 Å². The summed E-state index contributed by atoms with van der Waals surface area (Å²) in [5, 5.41) is 5.33. The van der Waals surface area contributed by atoms with Gasteiger partial charge in [0, 0.05) is 5.56 Å². The van der Waals surface area contributed by atoms with E-state index in [1.54, 1.807) is 18.2 Å². The Morgan fingerprint density at radius 3 is 1.80 bits per heavy atom. The van der Waals surface area contributed by atoms with E-state index in [2.05, 4.69) is 0 Å². The van der Waals surface area contributed by atoms with Crippen LogP contribution in [0, 0.1) is 11.6 Å². The lowest BCUT2D eigenvalue weighted by atomic mass is 9.93. The van der Waals surface area contributed by atoms with Crippen LogP contribution in [0.5, 0.6) is 17.2 Å². The minimum absolute atomic E-state index is 0.127. The van der Waals surface area contributed by atoms with E-state index in [4.69, 9.17) is 19.3 Å². The Morgan fingerprint density at radius 2 is 1.30 bits per heavy atom. The molecule has 3 aromatic rings. The highest BCUT2D eigenvalue weighted by atomic mass is 32.2. The number of benzene rings is 3. The quantitative estimate of drug-likeness (QED) is 0.633. The number of primary sulfonamides is 1. The fourth-order valence-corrected chi connectivity index (χ4v) is 3.94. The maximum atomic E-state index is 14.2. The Kier molecular flexibility index (Phi) is 5.95. The summed E-state index contributed by atoms with van der Waals surface area (Å²) in [6.45, 7) is 0. The van der Waals surface area contributed by atoms with Gasteiger partial charge >= 0.3 is 0 Å². The zero-order valence-electron chi connectivity index (χ0n) is 16.4. The number of ether oxygens (including phenoxy) is 3. The molecule has 158 valence electrons. The van der Waals surface area contributed by atoms with Gasteiger partial charge in [-0.05, 0) is 47.0 Å². The van der Waals surface area contributed by atoms with Crippen LogP contribution in [0.2, 0.25) is 0 Å². The number of methoxy groups -OCH3 is 3. The fraction of sp³-hybridized carbons (Fsp3) is 0.143. The van der Waals surface area contributed by atoms with E-state index in [9.17, 15) is 17.2 Å². The smallest absolute Gasteiger partial charge is 0.238 e. The molecular formula is C21H19F2NO5S. The topological polar surface area (TPSA) is 87.9 Å². The summed E-state index contributed by atoms with van der Waals surface area (Å²) in [4.78, 5) is -0.218. The van der Waals surface area contributed by atoms with Crippen molar-refractivity contribution in [1.82, 2.24) is 0 Å². The van der Waals surface area contributed by atoms with Crippen molar-refractivity contribution < 1.29 is 31.4 Å². The van der Waals surface area contributed by atoms with Gasteiger partial charge in [-0.2, -0.15) is 0 Å². The summed E-state index contributed by atoms with van der Waals surface area (Å²) in [7, 11) is 0.151. The van der Waals surface area contributed by atoms with Crippen LogP contribution in [0.3, 0.4) is 0 Å². The standard InChI is InChI=1S/C21H19F2NO5S/c1-27-18-8-12(9-19(28-2)21(18)29-3)14-10-16(22)17(23)11-15(14)13-6-4-5-7-20(13)30(24,25)26/h4-11H,1-3H3,(H2,24,25,26). The number of nitrogens with two attached hydrogens (primary N) is 1. The third-order valence-electron chi connectivity index (χ3n) is 4.52. The number of rotatable bonds is 6. The van der Waals surface area contributed by atoms with Gasteiger partial charge in [0.05, 0.1) is 26.2 Å². The Balaban J connectivity index is 2.39. The van der Waals surface area contributed by atoms with Crippen molar-refractivity contribution in [2.75, 3.05) is 21.3 Å². The predicted molar refractivity (Wildman–Crippen MR) is 108 cm³/mol. The maximum absolute atomic E-state index is 14.2. The average Bonchev–Trinajstić information content (AvgIpc) is 2.73. The Bertz CT molecular complexity index is 1190. The Morgan fingerprint density at radius 1 is 0.767 bits per heavy atom. The van der Waals surface area contributed by atoms with Crippen LogP contribution >= 0.6 is 0 Å². The highest BCUT2D eigenvalue weighted by Crippen LogP contribution is 2.44. The molecule has 30 heavy (non-hydrogen) atoms. The monoisotopic (exact) mass is 435 g/mol. The third kappa shape index (κ3) is 3.94. The highest BCUT2D eigenvalue weighted by molar-refractivity contribution is 7.89. The molecule has 0 fully saturated rings. The molecule has 3 rings (SSSR count). The number of halogens is 2. The molecule has 0 unspecified atom stereocenters. The molecule has 0 saturated carbocycles. The lowest BCUT2D eigenvalue weighted by Crippen LogP contribution is -2.13. The molecule has 3 aromatic carbocycles. The first kappa shape index (κ1) is 21.5. The molecule has 2 N–H and O–H groups in total. The molecule has 0 heterocycles. The van der Waals surface area contributed by atoms with Crippen molar-refractivity contribution in [2.45, 2.75) is 4.90 Å². The molecule has 6 nitrogen and oxygen atoms in total. The van der Waals surface area contributed by atoms with Crippen molar-refractivity contribution >= 4 is 10.0 Å². The molecule has 0 bridgehead atoms. The summed E-state index contributed by atoms with van der Waals surface area (Å²) in [6.07, 6.45) is 0. The van der Waals surface area contributed by atoms with Crippen LogP contribution in [0.1, 0.15) is 0 Å². The second-order valence-corrected chi connectivity index (χ2v) is 7.80. The van der Waals surface area contributed by atoms with E-state index in [1.807, 2.05) is 0 Å². The third-order valence-corrected chi connectivity index (χ3v) is 5.49. The van der Waals surface area contributed by atoms with Gasteiger partial charge in [-0.25, -0.2) is 22.3 Å². The van der Waals surface area contributed by atoms with E-state index in [1.165, 1.54) is 39.5 Å². The zero-order valence-corrected chi connectivity index (χ0v) is 17.2. The lowest BCUT2D eigenvalue weighted by Gasteiger charge is -2.17. The Labute approximate surface area is 172 Å². The highest BCUT2D eigenvalue weighted by Gasteiger charge is 2.22. The molecule has 0 spiro atoms. The molecule has 0 aliphatic heterocycles. The summed E-state index contributed by atoms with van der Waals surface area (Å²) in [6, 6.07) is 10.8. The van der Waals surface area contributed by atoms with Gasteiger partial charge in [0.25, 0.3) is 0 Å². The second kappa shape index (κ2) is 8.29. The van der Waals surface area contributed by atoms with Crippen LogP contribution in [0.15, 0.2) is 53.4 Å². The number of sulfonamides is 1. The number of hydrogen-bond acceptors (Lipinski definition) is 5. The summed E-state index contributed by atoms with van der Waals surface area (Å²) in [5.74, 6) is -1.33. The first-order valence-electron chi connectivity index (χ1n) is 8.62. The van der Waals surface area contributed by atoms with Crippen molar-refractivity contribution in [3.63, 3.8) is 0 Å². The van der Waals surface area contributed by atoms with Crippen molar-refractivity contribution in [3.05, 3.63) is 60.2 Å². The molecular weight excluding hydrogens is 416 g/mol. The first-order chi connectivity index (χ1) is 14.2. The molecule has 0 saturated heterocycles. The van der Waals surface area contributed by atoms with Gasteiger partial charge in [-0.15, -0.1) is 0 Å². The zero-order chi connectivity index (χ0) is 22.1. The fourth-order valence-electron chi connectivity index (χ4n) is 3.18. The Hall–Kier alpha value is -3.17. The molecule has 0 aliphatic rings. The summed E-state index contributed by atoms with van der Waals surface area (Å²) < 4.78 is 68.5. The molecule has 0 aromatic heterocycles. The molecule has 0 aliphatic carbocycles. The summed E-state index contributed by atoms with van der Waals surface area (Å²) >= 11 is 0. The van der Waals surface area contributed by atoms with Gasteiger partial charge in [0.1, 0.15) is 0 Å². The minimum Gasteiger partial charge on any atom is -0.493 e. The van der Waals surface area contributed by atoms with E-state index in [0.717, 1.165) is 12.1 Å². The van der Waals surface area contributed by atoms with E-state index >= 15 is 0 Å². The van der Waals surface area contributed by atoms with Gasteiger partial charge < -0.3 is 14.2 Å². The first-order valence-corrected chi connectivity index (χ1v) is 10.2. The van der Waals surface area contributed by atoms with Crippen molar-refractivity contribution in [3.8, 4) is 39.5 Å². The molecule has 0 radical (unpaired) electrons. The SMILES string of the molecule is COc1cc(-c2cc(F)c(F)cc2-c2ccccc2S(N)(=O)=O)cc(OC)c1OC. The molecule has 0 amide bonds.